The predicted octanol–water partition coefficient (Wildman–Crippen LogP) is 0.838. The molecular formula is C10H16ClN3O. The molecule has 0 aliphatic carbocycles. The summed E-state index contributed by atoms with van der Waals surface area (Å²) in [5.41, 5.74) is 6.02. The Hall–Kier alpha value is -0.550. The molecule has 0 spiro atoms. The molecule has 1 unspecified atom stereocenters. The van der Waals surface area contributed by atoms with Crippen molar-refractivity contribution in [2.24, 2.45) is 5.73 Å². The number of nitrogens with zero attached hydrogens (tertiary/aromatic N) is 1. The number of piperazine rings is 1. The van der Waals surface area contributed by atoms with Gasteiger partial charge in [-0.1, -0.05) is 0 Å². The molecule has 2 rings (SSSR count). The van der Waals surface area contributed by atoms with Gasteiger partial charge in [0.15, 0.2) is 5.22 Å². The van der Waals surface area contributed by atoms with Crippen LogP contribution in [0.15, 0.2) is 16.5 Å². The Morgan fingerprint density at radius 1 is 1.47 bits per heavy atom. The molecule has 1 aliphatic rings. The second kappa shape index (κ2) is 4.99. The van der Waals surface area contributed by atoms with E-state index in [4.69, 9.17) is 21.8 Å². The van der Waals surface area contributed by atoms with E-state index in [1.807, 2.05) is 6.07 Å². The zero-order valence-corrected chi connectivity index (χ0v) is 9.33. The van der Waals surface area contributed by atoms with E-state index in [0.29, 0.717) is 5.22 Å². The average Bonchev–Trinajstić information content (AvgIpc) is 2.66. The summed E-state index contributed by atoms with van der Waals surface area (Å²) >= 11 is 5.70. The maximum atomic E-state index is 6.02. The average molecular weight is 230 g/mol. The Bertz CT molecular complexity index is 309. The zero-order chi connectivity index (χ0) is 10.7. The minimum Gasteiger partial charge on any atom is -0.448 e. The molecule has 1 aromatic heterocycles. The van der Waals surface area contributed by atoms with Gasteiger partial charge in [0.2, 0.25) is 0 Å². The summed E-state index contributed by atoms with van der Waals surface area (Å²) in [5, 5.41) is 3.71. The van der Waals surface area contributed by atoms with Gasteiger partial charge in [-0.3, -0.25) is 4.90 Å². The van der Waals surface area contributed by atoms with Crippen molar-refractivity contribution in [1.82, 2.24) is 10.2 Å². The molecule has 0 aromatic carbocycles. The molecule has 2 heterocycles. The summed E-state index contributed by atoms with van der Waals surface area (Å²) < 4.78 is 5.28. The fourth-order valence-electron chi connectivity index (χ4n) is 1.79. The van der Waals surface area contributed by atoms with Crippen LogP contribution >= 0.6 is 11.6 Å². The lowest BCUT2D eigenvalue weighted by molar-refractivity contribution is 0.220. The number of rotatable bonds is 3. The van der Waals surface area contributed by atoms with Gasteiger partial charge in [0.25, 0.3) is 0 Å². The van der Waals surface area contributed by atoms with Crippen LogP contribution in [0.25, 0.3) is 0 Å². The van der Waals surface area contributed by atoms with E-state index in [1.54, 1.807) is 6.07 Å². The van der Waals surface area contributed by atoms with Crippen LogP contribution in [-0.2, 0) is 0 Å². The molecule has 15 heavy (non-hydrogen) atoms. The van der Waals surface area contributed by atoms with Gasteiger partial charge in [-0.2, -0.15) is 0 Å². The molecule has 1 fully saturated rings. The van der Waals surface area contributed by atoms with Gasteiger partial charge in [-0.15, -0.1) is 0 Å². The Balaban J connectivity index is 1.88. The molecule has 1 atom stereocenters. The first kappa shape index (κ1) is 11.0. The molecule has 3 N–H and O–H groups in total. The lowest BCUT2D eigenvalue weighted by Crippen LogP contribution is -2.45. The second-order valence-corrected chi connectivity index (χ2v) is 4.17. The fraction of sp³-hybridized carbons (Fsp3) is 0.600. The molecule has 0 amide bonds. The van der Waals surface area contributed by atoms with Gasteiger partial charge >= 0.3 is 0 Å². The molecule has 4 nitrogen and oxygen atoms in total. The SMILES string of the molecule is NC(CN1CCNCC1)c1ccc(Cl)o1. The van der Waals surface area contributed by atoms with Crippen LogP contribution in [-0.4, -0.2) is 37.6 Å². The first-order valence-corrected chi connectivity index (χ1v) is 5.57. The number of hydrogen-bond acceptors (Lipinski definition) is 4. The highest BCUT2D eigenvalue weighted by Crippen LogP contribution is 2.19. The summed E-state index contributed by atoms with van der Waals surface area (Å²) in [7, 11) is 0. The third kappa shape index (κ3) is 2.95. The van der Waals surface area contributed by atoms with Gasteiger partial charge in [0, 0.05) is 32.7 Å². The molecule has 0 bridgehead atoms. The van der Waals surface area contributed by atoms with Crippen molar-refractivity contribution >= 4 is 11.6 Å². The molecule has 1 aliphatic heterocycles. The van der Waals surface area contributed by atoms with Gasteiger partial charge < -0.3 is 15.5 Å². The van der Waals surface area contributed by atoms with Crippen molar-refractivity contribution in [3.05, 3.63) is 23.1 Å². The minimum absolute atomic E-state index is 0.0874. The highest BCUT2D eigenvalue weighted by atomic mass is 35.5. The minimum atomic E-state index is -0.0874. The van der Waals surface area contributed by atoms with Crippen LogP contribution in [0.4, 0.5) is 0 Å². The van der Waals surface area contributed by atoms with E-state index >= 15 is 0 Å². The monoisotopic (exact) mass is 229 g/mol. The first-order valence-electron chi connectivity index (χ1n) is 5.19. The lowest BCUT2D eigenvalue weighted by Gasteiger charge is -2.28. The number of furan rings is 1. The second-order valence-electron chi connectivity index (χ2n) is 3.80. The van der Waals surface area contributed by atoms with Gasteiger partial charge in [0.1, 0.15) is 5.76 Å². The molecule has 0 saturated carbocycles. The van der Waals surface area contributed by atoms with E-state index in [1.165, 1.54) is 0 Å². The molecule has 0 radical (unpaired) electrons. The van der Waals surface area contributed by atoms with E-state index in [-0.39, 0.29) is 6.04 Å². The van der Waals surface area contributed by atoms with Crippen LogP contribution in [0.5, 0.6) is 0 Å². The predicted molar refractivity (Wildman–Crippen MR) is 60.0 cm³/mol. The van der Waals surface area contributed by atoms with Gasteiger partial charge in [0.05, 0.1) is 6.04 Å². The third-order valence-electron chi connectivity index (χ3n) is 2.62. The van der Waals surface area contributed by atoms with Crippen molar-refractivity contribution in [2.45, 2.75) is 6.04 Å². The summed E-state index contributed by atoms with van der Waals surface area (Å²) in [6.07, 6.45) is 0. The van der Waals surface area contributed by atoms with Crippen LogP contribution in [0.3, 0.4) is 0 Å². The molecule has 84 valence electrons. The topological polar surface area (TPSA) is 54.4 Å². The smallest absolute Gasteiger partial charge is 0.193 e. The molecular weight excluding hydrogens is 214 g/mol. The lowest BCUT2D eigenvalue weighted by atomic mass is 10.2. The van der Waals surface area contributed by atoms with Crippen LogP contribution in [0.2, 0.25) is 5.22 Å². The Kier molecular flexibility index (Phi) is 3.64. The number of nitrogens with two attached hydrogens (primary N) is 1. The van der Waals surface area contributed by atoms with Crippen LogP contribution in [0, 0.1) is 0 Å². The maximum absolute atomic E-state index is 6.02. The summed E-state index contributed by atoms with van der Waals surface area (Å²) in [6.45, 7) is 4.98. The van der Waals surface area contributed by atoms with Crippen molar-refractivity contribution in [2.75, 3.05) is 32.7 Å². The summed E-state index contributed by atoms with van der Waals surface area (Å²) in [4.78, 5) is 2.33. The number of hydrogen-bond donors (Lipinski definition) is 2. The van der Waals surface area contributed by atoms with E-state index in [9.17, 15) is 0 Å². The Labute approximate surface area is 94.4 Å². The van der Waals surface area contributed by atoms with Crippen LogP contribution in [0.1, 0.15) is 11.8 Å². The molecule has 5 heteroatoms. The quantitative estimate of drug-likeness (QED) is 0.807. The normalized spacial score (nSPS) is 20.4. The number of nitrogens with one attached hydrogen (secondary N) is 1. The van der Waals surface area contributed by atoms with E-state index < -0.39 is 0 Å². The summed E-state index contributed by atoms with van der Waals surface area (Å²) in [6, 6.07) is 3.49. The Morgan fingerprint density at radius 3 is 2.80 bits per heavy atom. The first-order chi connectivity index (χ1) is 7.25. The van der Waals surface area contributed by atoms with Gasteiger partial charge in [-0.05, 0) is 23.7 Å². The van der Waals surface area contributed by atoms with E-state index in [0.717, 1.165) is 38.5 Å². The van der Waals surface area contributed by atoms with E-state index in [2.05, 4.69) is 10.2 Å². The molecule has 1 saturated heterocycles. The fourth-order valence-corrected chi connectivity index (χ4v) is 1.94. The maximum Gasteiger partial charge on any atom is 0.193 e. The van der Waals surface area contributed by atoms with Crippen molar-refractivity contribution in [1.29, 1.82) is 0 Å². The Morgan fingerprint density at radius 2 is 2.20 bits per heavy atom. The van der Waals surface area contributed by atoms with Crippen LogP contribution < -0.4 is 11.1 Å². The standard InChI is InChI=1S/C10H16ClN3O/c11-10-2-1-9(15-10)8(12)7-14-5-3-13-4-6-14/h1-2,8,13H,3-7,12H2. The largest absolute Gasteiger partial charge is 0.448 e. The zero-order valence-electron chi connectivity index (χ0n) is 8.58. The highest BCUT2D eigenvalue weighted by molar-refractivity contribution is 6.28. The third-order valence-corrected chi connectivity index (χ3v) is 2.83. The van der Waals surface area contributed by atoms with Crippen molar-refractivity contribution in [3.8, 4) is 0 Å². The number of halogens is 1. The summed E-state index contributed by atoms with van der Waals surface area (Å²) in [5.74, 6) is 0.763. The van der Waals surface area contributed by atoms with Crippen molar-refractivity contribution in [3.63, 3.8) is 0 Å². The highest BCUT2D eigenvalue weighted by Gasteiger charge is 2.16. The molecule has 1 aromatic rings. The van der Waals surface area contributed by atoms with Crippen molar-refractivity contribution < 1.29 is 4.42 Å². The van der Waals surface area contributed by atoms with Gasteiger partial charge in [-0.25, -0.2) is 0 Å².